The van der Waals surface area contributed by atoms with Gasteiger partial charge in [-0.25, -0.2) is 4.98 Å². The Morgan fingerprint density at radius 2 is 2.16 bits per heavy atom. The summed E-state index contributed by atoms with van der Waals surface area (Å²) in [6, 6.07) is 7.92. The zero-order valence-electron chi connectivity index (χ0n) is 14.4. The molecular formula is C19H25N3O2S. The molecule has 0 radical (unpaired) electrons. The number of carbonyl (C=O) groups is 1. The molecule has 6 heteroatoms. The van der Waals surface area contributed by atoms with Crippen molar-refractivity contribution < 1.29 is 9.90 Å². The van der Waals surface area contributed by atoms with Gasteiger partial charge < -0.3 is 15.3 Å². The Bertz CT molecular complexity index is 667. The van der Waals surface area contributed by atoms with Crippen molar-refractivity contribution >= 4 is 28.7 Å². The highest BCUT2D eigenvalue weighted by Crippen LogP contribution is 2.27. The molecule has 0 atom stereocenters. The predicted molar refractivity (Wildman–Crippen MR) is 102 cm³/mol. The molecule has 3 heterocycles. The number of aryl methyl sites for hydroxylation is 1. The van der Waals surface area contributed by atoms with E-state index in [2.05, 4.69) is 26.6 Å². The van der Waals surface area contributed by atoms with E-state index in [4.69, 9.17) is 0 Å². The molecule has 0 bridgehead atoms. The van der Waals surface area contributed by atoms with Crippen molar-refractivity contribution in [2.45, 2.75) is 32.1 Å². The molecule has 2 aromatic heterocycles. The van der Waals surface area contributed by atoms with E-state index in [1.54, 1.807) is 17.5 Å². The molecule has 0 unspecified atom stereocenters. The van der Waals surface area contributed by atoms with Crippen LogP contribution in [0.2, 0.25) is 0 Å². The first-order valence-electron chi connectivity index (χ1n) is 8.89. The molecule has 25 heavy (non-hydrogen) atoms. The van der Waals surface area contributed by atoms with Crippen LogP contribution in [0.3, 0.4) is 0 Å². The van der Waals surface area contributed by atoms with Crippen LogP contribution in [-0.4, -0.2) is 35.7 Å². The summed E-state index contributed by atoms with van der Waals surface area (Å²) in [7, 11) is 0. The second-order valence-electron chi connectivity index (χ2n) is 6.47. The molecule has 0 aromatic carbocycles. The molecule has 1 fully saturated rings. The lowest BCUT2D eigenvalue weighted by atomic mass is 9.98. The van der Waals surface area contributed by atoms with E-state index in [0.717, 1.165) is 50.3 Å². The Balaban J connectivity index is 1.54. The minimum atomic E-state index is 0.0380. The summed E-state index contributed by atoms with van der Waals surface area (Å²) < 4.78 is 0. The van der Waals surface area contributed by atoms with E-state index in [0.29, 0.717) is 12.3 Å². The van der Waals surface area contributed by atoms with E-state index >= 15 is 0 Å². The maximum Gasteiger partial charge on any atom is 0.224 e. The smallest absolute Gasteiger partial charge is 0.224 e. The maximum absolute atomic E-state index is 12.3. The van der Waals surface area contributed by atoms with Gasteiger partial charge in [0.2, 0.25) is 5.91 Å². The maximum atomic E-state index is 12.3. The van der Waals surface area contributed by atoms with E-state index in [-0.39, 0.29) is 12.5 Å². The molecule has 0 aliphatic carbocycles. The fourth-order valence-corrected chi connectivity index (χ4v) is 3.92. The number of thiophene rings is 1. The van der Waals surface area contributed by atoms with Gasteiger partial charge in [-0.05, 0) is 55.2 Å². The van der Waals surface area contributed by atoms with Crippen molar-refractivity contribution in [2.75, 3.05) is 29.9 Å². The van der Waals surface area contributed by atoms with Crippen molar-refractivity contribution in [3.05, 3.63) is 40.7 Å². The molecule has 1 aliphatic rings. The summed E-state index contributed by atoms with van der Waals surface area (Å²) >= 11 is 1.74. The fraction of sp³-hybridized carbons (Fsp3) is 0.474. The zero-order valence-corrected chi connectivity index (χ0v) is 15.2. The van der Waals surface area contributed by atoms with Crippen LogP contribution in [-0.2, 0) is 11.2 Å². The molecule has 0 saturated carbocycles. The zero-order chi connectivity index (χ0) is 17.5. The Morgan fingerprint density at radius 3 is 2.88 bits per heavy atom. The van der Waals surface area contributed by atoms with Gasteiger partial charge in [-0.3, -0.25) is 4.79 Å². The highest BCUT2D eigenvalue weighted by atomic mass is 32.1. The number of aromatic nitrogens is 1. The van der Waals surface area contributed by atoms with Crippen LogP contribution in [0.1, 0.15) is 30.6 Å². The van der Waals surface area contributed by atoms with Crippen LogP contribution < -0.4 is 10.2 Å². The van der Waals surface area contributed by atoms with E-state index < -0.39 is 0 Å². The number of amides is 1. The molecule has 1 amide bonds. The Hall–Kier alpha value is -1.92. The molecule has 0 spiro atoms. The third-order valence-corrected chi connectivity index (χ3v) is 5.58. The summed E-state index contributed by atoms with van der Waals surface area (Å²) in [6.07, 6.45) is 5.99. The van der Waals surface area contributed by atoms with Crippen LogP contribution >= 0.6 is 11.3 Å². The topological polar surface area (TPSA) is 65.5 Å². The molecular weight excluding hydrogens is 334 g/mol. The largest absolute Gasteiger partial charge is 0.396 e. The number of nitrogens with one attached hydrogen (secondary N) is 1. The molecule has 1 saturated heterocycles. The van der Waals surface area contributed by atoms with Gasteiger partial charge in [-0.1, -0.05) is 6.07 Å². The molecule has 2 aromatic rings. The third-order valence-electron chi connectivity index (χ3n) is 4.64. The van der Waals surface area contributed by atoms with Gasteiger partial charge in [0.05, 0.1) is 5.69 Å². The number of piperidine rings is 1. The van der Waals surface area contributed by atoms with Gasteiger partial charge in [0.25, 0.3) is 0 Å². The molecule has 2 N–H and O–H groups in total. The monoisotopic (exact) mass is 359 g/mol. The van der Waals surface area contributed by atoms with Crippen LogP contribution in [0, 0.1) is 5.92 Å². The second kappa shape index (κ2) is 8.97. The number of pyridine rings is 1. The molecule has 134 valence electrons. The fourth-order valence-electron chi connectivity index (χ4n) is 3.16. The van der Waals surface area contributed by atoms with Crippen molar-refractivity contribution in [1.82, 2.24) is 4.98 Å². The van der Waals surface area contributed by atoms with Crippen LogP contribution in [0.5, 0.6) is 0 Å². The van der Waals surface area contributed by atoms with E-state index in [1.807, 2.05) is 18.2 Å². The summed E-state index contributed by atoms with van der Waals surface area (Å²) in [6.45, 7) is 1.98. The van der Waals surface area contributed by atoms with Gasteiger partial charge in [-0.2, -0.15) is 0 Å². The standard InChI is InChI=1S/C19H25N3O2S/c23-14-15-8-11-22(12-9-15)19-17(6-2-10-20-19)21-18(24)7-1-4-16-5-3-13-25-16/h2-3,5-6,10,13,15,23H,1,4,7-9,11-12,14H2,(H,21,24). The first-order chi connectivity index (χ1) is 12.3. The van der Waals surface area contributed by atoms with E-state index in [9.17, 15) is 9.90 Å². The number of anilines is 2. The number of hydrogen-bond donors (Lipinski definition) is 2. The number of nitrogens with zero attached hydrogens (tertiary/aromatic N) is 2. The van der Waals surface area contributed by atoms with Gasteiger partial charge in [0, 0.05) is 37.2 Å². The van der Waals surface area contributed by atoms with Crippen LogP contribution in [0.15, 0.2) is 35.8 Å². The van der Waals surface area contributed by atoms with Crippen molar-refractivity contribution in [2.24, 2.45) is 5.92 Å². The summed E-state index contributed by atoms with van der Waals surface area (Å²) in [5, 5.41) is 14.4. The third kappa shape index (κ3) is 5.03. The minimum Gasteiger partial charge on any atom is -0.396 e. The van der Waals surface area contributed by atoms with Gasteiger partial charge in [-0.15, -0.1) is 11.3 Å². The van der Waals surface area contributed by atoms with Crippen LogP contribution in [0.25, 0.3) is 0 Å². The minimum absolute atomic E-state index is 0.0380. The second-order valence-corrected chi connectivity index (χ2v) is 7.50. The Kier molecular flexibility index (Phi) is 6.42. The average molecular weight is 359 g/mol. The predicted octanol–water partition coefficient (Wildman–Crippen LogP) is 3.31. The number of rotatable bonds is 7. The lowest BCUT2D eigenvalue weighted by molar-refractivity contribution is -0.116. The Labute approximate surface area is 152 Å². The first-order valence-corrected chi connectivity index (χ1v) is 9.77. The Morgan fingerprint density at radius 1 is 1.32 bits per heavy atom. The lowest BCUT2D eigenvalue weighted by Gasteiger charge is -2.33. The normalized spacial score (nSPS) is 15.3. The lowest BCUT2D eigenvalue weighted by Crippen LogP contribution is -2.35. The summed E-state index contributed by atoms with van der Waals surface area (Å²) in [5.41, 5.74) is 0.783. The van der Waals surface area contributed by atoms with Gasteiger partial charge in [0.15, 0.2) is 5.82 Å². The SMILES string of the molecule is O=C(CCCc1cccs1)Nc1cccnc1N1CCC(CO)CC1. The number of aliphatic hydroxyl groups is 1. The van der Waals surface area contributed by atoms with E-state index in [1.165, 1.54) is 4.88 Å². The highest BCUT2D eigenvalue weighted by molar-refractivity contribution is 7.09. The highest BCUT2D eigenvalue weighted by Gasteiger charge is 2.21. The van der Waals surface area contributed by atoms with Crippen molar-refractivity contribution in [3.63, 3.8) is 0 Å². The quantitative estimate of drug-likeness (QED) is 0.796. The number of hydrogen-bond acceptors (Lipinski definition) is 5. The summed E-state index contributed by atoms with van der Waals surface area (Å²) in [4.78, 5) is 20.3. The number of aliphatic hydroxyl groups excluding tert-OH is 1. The van der Waals surface area contributed by atoms with Gasteiger partial charge >= 0.3 is 0 Å². The molecule has 1 aliphatic heterocycles. The molecule has 5 nitrogen and oxygen atoms in total. The summed E-state index contributed by atoms with van der Waals surface area (Å²) in [5.74, 6) is 1.26. The van der Waals surface area contributed by atoms with Crippen molar-refractivity contribution in [1.29, 1.82) is 0 Å². The number of carbonyl (C=O) groups excluding carboxylic acids is 1. The first kappa shape index (κ1) is 17.9. The van der Waals surface area contributed by atoms with Gasteiger partial charge in [0.1, 0.15) is 0 Å². The van der Waals surface area contributed by atoms with Crippen molar-refractivity contribution in [3.8, 4) is 0 Å². The molecule has 3 rings (SSSR count). The average Bonchev–Trinajstić information content (AvgIpc) is 3.16. The van der Waals surface area contributed by atoms with Crippen LogP contribution in [0.4, 0.5) is 11.5 Å².